The lowest BCUT2D eigenvalue weighted by molar-refractivity contribution is -0.123. The number of amides is 1. The maximum Gasteiger partial charge on any atom is 0.242 e. The maximum absolute atomic E-state index is 11.9. The Morgan fingerprint density at radius 3 is 3.06 bits per heavy atom. The second-order valence-corrected chi connectivity index (χ2v) is 5.50. The van der Waals surface area contributed by atoms with E-state index in [9.17, 15) is 9.90 Å². The van der Waals surface area contributed by atoms with Crippen molar-refractivity contribution in [3.8, 4) is 0 Å². The van der Waals surface area contributed by atoms with Crippen LogP contribution in [0.3, 0.4) is 0 Å². The number of nitrogens with one attached hydrogen (secondary N) is 1. The van der Waals surface area contributed by atoms with Crippen molar-refractivity contribution < 1.29 is 9.90 Å². The summed E-state index contributed by atoms with van der Waals surface area (Å²) in [5, 5.41) is 14.4. The fourth-order valence-electron chi connectivity index (χ4n) is 2.18. The summed E-state index contributed by atoms with van der Waals surface area (Å²) >= 11 is 1.49. The van der Waals surface area contributed by atoms with Gasteiger partial charge in [-0.3, -0.25) is 4.79 Å². The molecule has 4 nitrogen and oxygen atoms in total. The van der Waals surface area contributed by atoms with E-state index in [-0.39, 0.29) is 18.1 Å². The quantitative estimate of drug-likeness (QED) is 0.758. The van der Waals surface area contributed by atoms with Gasteiger partial charge < -0.3 is 16.2 Å². The van der Waals surface area contributed by atoms with Crippen LogP contribution in [0.5, 0.6) is 0 Å². The normalized spacial score (nSPS) is 26.5. The molecule has 3 unspecified atom stereocenters. The molecule has 0 spiro atoms. The summed E-state index contributed by atoms with van der Waals surface area (Å²) in [5.74, 6) is -0.147. The summed E-state index contributed by atoms with van der Waals surface area (Å²) in [4.78, 5) is 12.8. The summed E-state index contributed by atoms with van der Waals surface area (Å²) in [6, 6.07) is 3.23. The summed E-state index contributed by atoms with van der Waals surface area (Å²) in [5.41, 5.74) is 5.87. The first-order chi connectivity index (χ1) is 8.16. The molecule has 1 heterocycles. The Hall–Kier alpha value is -0.910. The van der Waals surface area contributed by atoms with Gasteiger partial charge in [-0.05, 0) is 37.1 Å². The number of rotatable bonds is 3. The summed E-state index contributed by atoms with van der Waals surface area (Å²) in [6.45, 7) is 0. The zero-order chi connectivity index (χ0) is 12.3. The average Bonchev–Trinajstić information content (AvgIpc) is 2.81. The third kappa shape index (κ3) is 3.28. The van der Waals surface area contributed by atoms with Gasteiger partial charge in [0.2, 0.25) is 5.91 Å². The summed E-state index contributed by atoms with van der Waals surface area (Å²) in [6.07, 6.45) is 3.08. The van der Waals surface area contributed by atoms with Gasteiger partial charge in [0.15, 0.2) is 0 Å². The van der Waals surface area contributed by atoms with E-state index in [1.807, 2.05) is 17.5 Å². The second kappa shape index (κ2) is 5.62. The highest BCUT2D eigenvalue weighted by Gasteiger charge is 2.24. The van der Waals surface area contributed by atoms with E-state index in [0.717, 1.165) is 24.1 Å². The number of aliphatic hydroxyl groups is 1. The number of nitrogens with two attached hydrogens (primary N) is 1. The highest BCUT2D eigenvalue weighted by molar-refractivity contribution is 7.10. The third-order valence-corrected chi connectivity index (χ3v) is 4.08. The number of hydrogen-bond donors (Lipinski definition) is 3. The minimum absolute atomic E-state index is 0.0669. The lowest BCUT2D eigenvalue weighted by Crippen LogP contribution is -2.43. The van der Waals surface area contributed by atoms with E-state index in [2.05, 4.69) is 5.32 Å². The van der Waals surface area contributed by atoms with E-state index in [4.69, 9.17) is 5.73 Å². The van der Waals surface area contributed by atoms with Crippen molar-refractivity contribution in [2.75, 3.05) is 0 Å². The molecular weight excluding hydrogens is 236 g/mol. The van der Waals surface area contributed by atoms with Crippen LogP contribution in [0.15, 0.2) is 17.5 Å². The molecule has 0 radical (unpaired) electrons. The zero-order valence-corrected chi connectivity index (χ0v) is 10.5. The topological polar surface area (TPSA) is 75.4 Å². The standard InChI is InChI=1S/C12H18N2O2S/c13-11(10-5-2-6-17-10)12(16)14-8-3-1-4-9(15)7-8/h2,5-6,8-9,11,15H,1,3-4,7,13H2,(H,14,16). The molecule has 1 aliphatic carbocycles. The van der Waals surface area contributed by atoms with Crippen LogP contribution in [-0.2, 0) is 4.79 Å². The first-order valence-corrected chi connectivity index (χ1v) is 6.82. The van der Waals surface area contributed by atoms with Crippen molar-refractivity contribution in [1.82, 2.24) is 5.32 Å². The van der Waals surface area contributed by atoms with Gasteiger partial charge in [0.25, 0.3) is 0 Å². The van der Waals surface area contributed by atoms with Crippen LogP contribution in [-0.4, -0.2) is 23.2 Å². The van der Waals surface area contributed by atoms with E-state index >= 15 is 0 Å². The van der Waals surface area contributed by atoms with Gasteiger partial charge in [0, 0.05) is 10.9 Å². The predicted molar refractivity (Wildman–Crippen MR) is 67.7 cm³/mol. The lowest BCUT2D eigenvalue weighted by Gasteiger charge is -2.27. The second-order valence-electron chi connectivity index (χ2n) is 4.52. The number of carbonyl (C=O) groups excluding carboxylic acids is 1. The largest absolute Gasteiger partial charge is 0.393 e. The molecule has 1 saturated carbocycles. The molecule has 1 aromatic heterocycles. The molecule has 1 aliphatic rings. The van der Waals surface area contributed by atoms with E-state index in [1.54, 1.807) is 0 Å². The molecule has 17 heavy (non-hydrogen) atoms. The van der Waals surface area contributed by atoms with Gasteiger partial charge in [0.05, 0.1) is 6.10 Å². The molecule has 3 atom stereocenters. The number of carbonyl (C=O) groups is 1. The van der Waals surface area contributed by atoms with Crippen molar-refractivity contribution in [3.05, 3.63) is 22.4 Å². The minimum atomic E-state index is -0.589. The Labute approximate surface area is 105 Å². The first-order valence-electron chi connectivity index (χ1n) is 5.94. The van der Waals surface area contributed by atoms with Crippen LogP contribution in [0.2, 0.25) is 0 Å². The average molecular weight is 254 g/mol. The van der Waals surface area contributed by atoms with Gasteiger partial charge in [0.1, 0.15) is 6.04 Å². The summed E-state index contributed by atoms with van der Waals surface area (Å²) in [7, 11) is 0. The van der Waals surface area contributed by atoms with Crippen LogP contribution in [0.1, 0.15) is 36.6 Å². The molecule has 0 aliphatic heterocycles. The van der Waals surface area contributed by atoms with E-state index < -0.39 is 6.04 Å². The van der Waals surface area contributed by atoms with Crippen LogP contribution >= 0.6 is 11.3 Å². The molecule has 4 N–H and O–H groups in total. The highest BCUT2D eigenvalue weighted by atomic mass is 32.1. The molecule has 0 bridgehead atoms. The van der Waals surface area contributed by atoms with Gasteiger partial charge >= 0.3 is 0 Å². The molecule has 2 rings (SSSR count). The molecule has 0 aromatic carbocycles. The Balaban J connectivity index is 1.88. The molecular formula is C12H18N2O2S. The third-order valence-electron chi connectivity index (χ3n) is 3.13. The number of hydrogen-bond acceptors (Lipinski definition) is 4. The monoisotopic (exact) mass is 254 g/mol. The highest BCUT2D eigenvalue weighted by Crippen LogP contribution is 2.20. The lowest BCUT2D eigenvalue weighted by atomic mass is 9.93. The van der Waals surface area contributed by atoms with Crippen LogP contribution < -0.4 is 11.1 Å². The number of thiophene rings is 1. The van der Waals surface area contributed by atoms with Crippen molar-refractivity contribution in [2.24, 2.45) is 5.73 Å². The molecule has 1 amide bonds. The van der Waals surface area contributed by atoms with Gasteiger partial charge in [-0.15, -0.1) is 11.3 Å². The smallest absolute Gasteiger partial charge is 0.242 e. The number of aliphatic hydroxyl groups excluding tert-OH is 1. The molecule has 1 aromatic rings. The van der Waals surface area contributed by atoms with Crippen LogP contribution in [0.4, 0.5) is 0 Å². The van der Waals surface area contributed by atoms with Crippen molar-refractivity contribution in [2.45, 2.75) is 43.9 Å². The maximum atomic E-state index is 11.9. The summed E-state index contributed by atoms with van der Waals surface area (Å²) < 4.78 is 0. The Kier molecular flexibility index (Phi) is 4.15. The van der Waals surface area contributed by atoms with Crippen molar-refractivity contribution in [3.63, 3.8) is 0 Å². The van der Waals surface area contributed by atoms with Crippen LogP contribution in [0.25, 0.3) is 0 Å². The van der Waals surface area contributed by atoms with Gasteiger partial charge in [-0.25, -0.2) is 0 Å². The minimum Gasteiger partial charge on any atom is -0.393 e. The molecule has 5 heteroatoms. The molecule has 0 saturated heterocycles. The first kappa shape index (κ1) is 12.5. The van der Waals surface area contributed by atoms with E-state index in [1.165, 1.54) is 11.3 Å². The van der Waals surface area contributed by atoms with Crippen molar-refractivity contribution >= 4 is 17.2 Å². The predicted octanol–water partition coefficient (Wildman–Crippen LogP) is 1.17. The zero-order valence-electron chi connectivity index (χ0n) is 9.63. The fourth-order valence-corrected chi connectivity index (χ4v) is 2.91. The van der Waals surface area contributed by atoms with Crippen LogP contribution in [0, 0.1) is 0 Å². The Morgan fingerprint density at radius 1 is 1.59 bits per heavy atom. The fraction of sp³-hybridized carbons (Fsp3) is 0.583. The Bertz CT molecular complexity index is 367. The van der Waals surface area contributed by atoms with Gasteiger partial charge in [-0.1, -0.05) is 6.07 Å². The SMILES string of the molecule is NC(C(=O)NC1CCCC(O)C1)c1cccs1. The van der Waals surface area contributed by atoms with E-state index in [0.29, 0.717) is 6.42 Å². The van der Waals surface area contributed by atoms with Crippen molar-refractivity contribution in [1.29, 1.82) is 0 Å². The van der Waals surface area contributed by atoms with Gasteiger partial charge in [-0.2, -0.15) is 0 Å². The Morgan fingerprint density at radius 2 is 2.41 bits per heavy atom. The molecule has 94 valence electrons. The molecule has 1 fully saturated rings.